The number of hydrogen-bond donors (Lipinski definition) is 0. The molecule has 0 aromatic heterocycles. The predicted molar refractivity (Wildman–Crippen MR) is 128 cm³/mol. The summed E-state index contributed by atoms with van der Waals surface area (Å²) < 4.78 is 18.2. The Morgan fingerprint density at radius 1 is 0.875 bits per heavy atom. The Balaban J connectivity index is 2.39. The minimum atomic E-state index is -1.14. The second kappa shape index (κ2) is 9.16. The van der Waals surface area contributed by atoms with E-state index in [-0.39, 0.29) is 29.4 Å². The van der Waals surface area contributed by atoms with Crippen LogP contribution in [0, 0.1) is 17.3 Å². The highest BCUT2D eigenvalue weighted by Crippen LogP contribution is 2.49. The van der Waals surface area contributed by atoms with Crippen molar-refractivity contribution in [2.75, 3.05) is 19.6 Å². The average molecular weight is 470 g/mol. The van der Waals surface area contributed by atoms with Crippen molar-refractivity contribution in [2.24, 2.45) is 17.3 Å². The summed E-state index contributed by atoms with van der Waals surface area (Å²) in [4.78, 5) is 29.8. The van der Waals surface area contributed by atoms with Crippen molar-refractivity contribution in [1.29, 1.82) is 0 Å². The lowest BCUT2D eigenvalue weighted by Crippen LogP contribution is -2.57. The van der Waals surface area contributed by atoms with Gasteiger partial charge in [0.2, 0.25) is 9.04 Å². The number of carbonyl (C=O) groups is 2. The van der Waals surface area contributed by atoms with Crippen LogP contribution < -0.4 is 0 Å². The van der Waals surface area contributed by atoms with E-state index >= 15 is 0 Å². The van der Waals surface area contributed by atoms with E-state index < -0.39 is 26.0 Å². The van der Waals surface area contributed by atoms with E-state index in [0.717, 1.165) is 12.8 Å². The number of amides is 2. The third-order valence-corrected chi connectivity index (χ3v) is 6.86. The van der Waals surface area contributed by atoms with E-state index in [1.807, 2.05) is 46.4 Å². The van der Waals surface area contributed by atoms with Crippen LogP contribution in [0.1, 0.15) is 75.2 Å². The zero-order valence-corrected chi connectivity index (χ0v) is 23.1. The van der Waals surface area contributed by atoms with Gasteiger partial charge in [-0.2, -0.15) is 0 Å². The highest BCUT2D eigenvalue weighted by molar-refractivity contribution is 6.48. The van der Waals surface area contributed by atoms with Gasteiger partial charge in [-0.1, -0.05) is 20.8 Å². The van der Waals surface area contributed by atoms with Crippen LogP contribution in [0.3, 0.4) is 0 Å². The second-order valence-electron chi connectivity index (χ2n) is 12.6. The molecule has 2 rings (SSSR count). The minimum absolute atomic E-state index is 0.00906. The van der Waals surface area contributed by atoms with Gasteiger partial charge in [0, 0.05) is 25.6 Å². The van der Waals surface area contributed by atoms with Crippen LogP contribution in [0.15, 0.2) is 0 Å². The van der Waals surface area contributed by atoms with Gasteiger partial charge in [0.05, 0.1) is 0 Å². The number of nitrogens with zero attached hydrogens (tertiary/aromatic N) is 2. The van der Waals surface area contributed by atoms with Crippen LogP contribution in [0.5, 0.6) is 0 Å². The van der Waals surface area contributed by atoms with Gasteiger partial charge in [-0.15, -0.1) is 0 Å². The van der Waals surface area contributed by atoms with E-state index in [1.165, 1.54) is 0 Å². The average Bonchev–Trinajstić information content (AvgIpc) is 3.15. The monoisotopic (exact) mass is 469 g/mol. The van der Waals surface area contributed by atoms with Crippen LogP contribution in [0.25, 0.3) is 0 Å². The van der Waals surface area contributed by atoms with Gasteiger partial charge < -0.3 is 18.8 Å². The molecule has 1 unspecified atom stereocenters. The van der Waals surface area contributed by atoms with Gasteiger partial charge >= 0.3 is 12.2 Å². The van der Waals surface area contributed by atoms with Crippen molar-refractivity contribution in [2.45, 2.75) is 105 Å². The van der Waals surface area contributed by atoms with Gasteiger partial charge in [-0.05, 0) is 78.8 Å². The molecule has 0 aliphatic carbocycles. The van der Waals surface area contributed by atoms with Gasteiger partial charge in [0.15, 0.2) is 0 Å². The summed E-state index contributed by atoms with van der Waals surface area (Å²) in [5, 5.41) is 0. The molecule has 2 heterocycles. The fraction of sp³-hybridized carbons (Fsp3) is 0.917. The molecule has 2 saturated heterocycles. The maximum atomic E-state index is 13.4. The zero-order valence-electron chi connectivity index (χ0n) is 22.1. The number of carbonyl (C=O) groups excluding carboxylic acids is 2. The minimum Gasteiger partial charge on any atom is -0.444 e. The van der Waals surface area contributed by atoms with Crippen molar-refractivity contribution < 1.29 is 23.5 Å². The van der Waals surface area contributed by atoms with Crippen molar-refractivity contribution >= 4 is 21.2 Å². The van der Waals surface area contributed by atoms with Crippen molar-refractivity contribution in [3.8, 4) is 0 Å². The Kier molecular flexibility index (Phi) is 7.72. The van der Waals surface area contributed by atoms with Crippen LogP contribution in [-0.2, 0) is 13.9 Å². The van der Waals surface area contributed by atoms with Crippen LogP contribution in [-0.4, -0.2) is 67.6 Å². The Labute approximate surface area is 196 Å². The molecule has 8 heteroatoms. The molecule has 0 aromatic rings. The lowest BCUT2D eigenvalue weighted by atomic mass is 9.77. The SMILES string of the molecule is C[Si](C)O[C@]1(C2CCN(C(=O)OC(C)(C)C)C2)C[C@H](C(C)(C)C)CN1C(=O)OC(C)(C)C. The van der Waals surface area contributed by atoms with Crippen LogP contribution in [0.2, 0.25) is 13.1 Å². The van der Waals surface area contributed by atoms with Crippen LogP contribution >= 0.6 is 0 Å². The number of hydrogen-bond acceptors (Lipinski definition) is 5. The number of likely N-dealkylation sites (tertiary alicyclic amines) is 2. The van der Waals surface area contributed by atoms with E-state index in [1.54, 1.807) is 4.90 Å². The topological polar surface area (TPSA) is 68.3 Å². The summed E-state index contributed by atoms with van der Waals surface area (Å²) in [6.45, 7) is 23.8. The summed E-state index contributed by atoms with van der Waals surface area (Å²) in [5.41, 5.74) is -1.88. The summed E-state index contributed by atoms with van der Waals surface area (Å²) in [6.07, 6.45) is 0.884. The van der Waals surface area contributed by atoms with E-state index in [2.05, 4.69) is 33.9 Å². The summed E-state index contributed by atoms with van der Waals surface area (Å²) in [5.74, 6) is 0.279. The summed E-state index contributed by atoms with van der Waals surface area (Å²) in [7, 11) is -1.14. The molecule has 0 saturated carbocycles. The van der Waals surface area contributed by atoms with Gasteiger partial charge in [0.25, 0.3) is 0 Å². The van der Waals surface area contributed by atoms with E-state index in [0.29, 0.717) is 19.6 Å². The second-order valence-corrected chi connectivity index (χ2v) is 14.6. The molecule has 3 atom stereocenters. The first-order chi connectivity index (χ1) is 14.3. The van der Waals surface area contributed by atoms with E-state index in [4.69, 9.17) is 13.9 Å². The van der Waals surface area contributed by atoms with Gasteiger partial charge in [0.1, 0.15) is 16.9 Å². The number of rotatable bonds is 3. The standard InChI is InChI=1S/C24H45N2O5Si/c1-21(2,3)18-14-24(31-32(10)11,26(16-18)20(28)30-23(7,8)9)17-12-13-25(15-17)19(27)29-22(4,5)6/h17-18H,12-16H2,1-11H3/t17?,18-,24-/m0/s1. The third-order valence-electron chi connectivity index (χ3n) is 6.10. The quantitative estimate of drug-likeness (QED) is 0.510. The van der Waals surface area contributed by atoms with Crippen molar-refractivity contribution in [1.82, 2.24) is 9.80 Å². The highest BCUT2D eigenvalue weighted by Gasteiger charge is 2.58. The third kappa shape index (κ3) is 6.62. The van der Waals surface area contributed by atoms with Gasteiger partial charge in [-0.3, -0.25) is 4.90 Å². The maximum Gasteiger partial charge on any atom is 0.412 e. The maximum absolute atomic E-state index is 13.4. The molecule has 2 aliphatic rings. The molecule has 2 aliphatic heterocycles. The normalized spacial score (nSPS) is 27.2. The molecular weight excluding hydrogens is 424 g/mol. The molecule has 32 heavy (non-hydrogen) atoms. The van der Waals surface area contributed by atoms with Gasteiger partial charge in [-0.25, -0.2) is 9.59 Å². The molecule has 7 nitrogen and oxygen atoms in total. The smallest absolute Gasteiger partial charge is 0.412 e. The summed E-state index contributed by atoms with van der Waals surface area (Å²) >= 11 is 0. The number of ether oxygens (including phenoxy) is 2. The first-order valence-electron chi connectivity index (χ1n) is 11.8. The fourth-order valence-electron chi connectivity index (χ4n) is 4.57. The molecule has 0 spiro atoms. The first-order valence-corrected chi connectivity index (χ1v) is 14.2. The van der Waals surface area contributed by atoms with Crippen LogP contribution in [0.4, 0.5) is 9.59 Å². The Hall–Kier alpha value is -1.28. The Morgan fingerprint density at radius 3 is 1.88 bits per heavy atom. The molecule has 0 aromatic carbocycles. The largest absolute Gasteiger partial charge is 0.444 e. The molecule has 0 bridgehead atoms. The molecule has 2 fully saturated rings. The van der Waals surface area contributed by atoms with Crippen molar-refractivity contribution in [3.05, 3.63) is 0 Å². The molecule has 185 valence electrons. The lowest BCUT2D eigenvalue weighted by Gasteiger charge is -2.44. The van der Waals surface area contributed by atoms with Crippen molar-refractivity contribution in [3.63, 3.8) is 0 Å². The first kappa shape index (κ1) is 27.0. The predicted octanol–water partition coefficient (Wildman–Crippen LogP) is 5.51. The Bertz CT molecular complexity index is 692. The zero-order chi connectivity index (χ0) is 24.7. The fourth-order valence-corrected chi connectivity index (χ4v) is 5.64. The van der Waals surface area contributed by atoms with E-state index in [9.17, 15) is 9.59 Å². The molecule has 1 radical (unpaired) electrons. The molecule has 0 N–H and O–H groups in total. The molecule has 2 amide bonds. The Morgan fingerprint density at radius 2 is 1.41 bits per heavy atom. The molecular formula is C24H45N2O5Si. The summed E-state index contributed by atoms with van der Waals surface area (Å²) in [6, 6.07) is 0. The lowest BCUT2D eigenvalue weighted by molar-refractivity contribution is -0.102. The highest BCUT2D eigenvalue weighted by atomic mass is 28.3.